The monoisotopic (exact) mass is 376 g/mol. The van der Waals surface area contributed by atoms with Gasteiger partial charge in [0.1, 0.15) is 0 Å². The summed E-state index contributed by atoms with van der Waals surface area (Å²) in [6, 6.07) is 11.5. The summed E-state index contributed by atoms with van der Waals surface area (Å²) < 4.78 is 28.1. The third-order valence-corrected chi connectivity index (χ3v) is 6.85. The van der Waals surface area contributed by atoms with Crippen LogP contribution in [0.3, 0.4) is 0 Å². The summed E-state index contributed by atoms with van der Waals surface area (Å²) in [5.74, 6) is -1.16. The third-order valence-electron chi connectivity index (χ3n) is 3.81. The molecule has 0 aliphatic heterocycles. The SMILES string of the molecule is CCN(c1nc2ccccc2s1)S(=O)(=O)c1ccc(C)c(C(=O)O)c1. The van der Waals surface area contributed by atoms with E-state index < -0.39 is 16.0 Å². The molecule has 3 rings (SSSR count). The fraction of sp³-hybridized carbons (Fsp3) is 0.176. The Bertz CT molecular complexity index is 1020. The van der Waals surface area contributed by atoms with Gasteiger partial charge < -0.3 is 5.11 Å². The van der Waals surface area contributed by atoms with Crippen LogP contribution in [0.25, 0.3) is 10.2 Å². The van der Waals surface area contributed by atoms with Gasteiger partial charge in [0.15, 0.2) is 0 Å². The van der Waals surface area contributed by atoms with E-state index in [1.807, 2.05) is 24.3 Å². The zero-order valence-electron chi connectivity index (χ0n) is 13.6. The van der Waals surface area contributed by atoms with Crippen LogP contribution >= 0.6 is 11.3 Å². The summed E-state index contributed by atoms with van der Waals surface area (Å²) in [6.45, 7) is 3.54. The number of aromatic nitrogens is 1. The average Bonchev–Trinajstić information content (AvgIpc) is 2.98. The standard InChI is InChI=1S/C17H16N2O4S2/c1-3-19(17-18-14-6-4-5-7-15(14)24-17)25(22,23)12-9-8-11(2)13(10-12)16(20)21/h4-10H,3H2,1-2H3,(H,20,21). The maximum Gasteiger partial charge on any atom is 0.335 e. The second-order valence-corrected chi connectivity index (χ2v) is 8.29. The van der Waals surface area contributed by atoms with Gasteiger partial charge in [0, 0.05) is 6.54 Å². The number of hydrogen-bond donors (Lipinski definition) is 1. The lowest BCUT2D eigenvalue weighted by Gasteiger charge is -2.20. The molecule has 6 nitrogen and oxygen atoms in total. The minimum atomic E-state index is -3.91. The largest absolute Gasteiger partial charge is 0.478 e. The minimum absolute atomic E-state index is 0.0265. The summed E-state index contributed by atoms with van der Waals surface area (Å²) >= 11 is 1.28. The van der Waals surface area contributed by atoms with Crippen LogP contribution in [0.1, 0.15) is 22.8 Å². The maximum atomic E-state index is 13.0. The molecule has 0 amide bonds. The van der Waals surface area contributed by atoms with Crippen LogP contribution in [-0.4, -0.2) is 31.0 Å². The van der Waals surface area contributed by atoms with Gasteiger partial charge in [-0.05, 0) is 43.7 Å². The van der Waals surface area contributed by atoms with Gasteiger partial charge in [0.25, 0.3) is 10.0 Å². The van der Waals surface area contributed by atoms with Crippen molar-refractivity contribution in [1.82, 2.24) is 4.98 Å². The number of hydrogen-bond acceptors (Lipinski definition) is 5. The summed E-state index contributed by atoms with van der Waals surface area (Å²) in [6.07, 6.45) is 0. The molecule has 1 N–H and O–H groups in total. The number of thiazole rings is 1. The van der Waals surface area contributed by atoms with Gasteiger partial charge >= 0.3 is 5.97 Å². The van der Waals surface area contributed by atoms with Crippen LogP contribution in [-0.2, 0) is 10.0 Å². The van der Waals surface area contributed by atoms with E-state index in [4.69, 9.17) is 0 Å². The number of para-hydroxylation sites is 1. The molecule has 0 aliphatic rings. The zero-order chi connectivity index (χ0) is 18.2. The zero-order valence-corrected chi connectivity index (χ0v) is 15.3. The molecule has 0 saturated heterocycles. The summed E-state index contributed by atoms with van der Waals surface area (Å²) in [5, 5.41) is 9.61. The van der Waals surface area contributed by atoms with Gasteiger partial charge in [-0.1, -0.05) is 29.5 Å². The van der Waals surface area contributed by atoms with Crippen molar-refractivity contribution in [2.75, 3.05) is 10.8 Å². The molecule has 0 fully saturated rings. The van der Waals surface area contributed by atoms with E-state index in [2.05, 4.69) is 4.98 Å². The lowest BCUT2D eigenvalue weighted by molar-refractivity contribution is 0.0696. The van der Waals surface area contributed by atoms with Crippen molar-refractivity contribution in [2.24, 2.45) is 0 Å². The number of fused-ring (bicyclic) bond motifs is 1. The number of benzene rings is 2. The van der Waals surface area contributed by atoms with Crippen molar-refractivity contribution in [3.05, 3.63) is 53.6 Å². The topological polar surface area (TPSA) is 87.6 Å². The molecule has 0 saturated carbocycles. The third kappa shape index (κ3) is 3.10. The first kappa shape index (κ1) is 17.4. The fourth-order valence-corrected chi connectivity index (χ4v) is 5.18. The molecule has 25 heavy (non-hydrogen) atoms. The number of aryl methyl sites for hydroxylation is 1. The van der Waals surface area contributed by atoms with Crippen molar-refractivity contribution >= 4 is 42.7 Å². The second kappa shape index (κ2) is 6.45. The lowest BCUT2D eigenvalue weighted by atomic mass is 10.1. The highest BCUT2D eigenvalue weighted by Crippen LogP contribution is 2.32. The Morgan fingerprint density at radius 2 is 1.96 bits per heavy atom. The number of carbonyl (C=O) groups is 1. The molecular formula is C17H16N2O4S2. The molecule has 2 aromatic carbocycles. The van der Waals surface area contributed by atoms with Gasteiger partial charge in [0.2, 0.25) is 5.13 Å². The first-order valence-corrected chi connectivity index (χ1v) is 9.82. The van der Waals surface area contributed by atoms with Gasteiger partial charge in [-0.3, -0.25) is 0 Å². The van der Waals surface area contributed by atoms with Gasteiger partial charge in [0.05, 0.1) is 20.7 Å². The second-order valence-electron chi connectivity index (χ2n) is 5.42. The smallest absolute Gasteiger partial charge is 0.335 e. The number of carboxylic acids is 1. The summed E-state index contributed by atoms with van der Waals surface area (Å²) in [5.41, 5.74) is 1.21. The highest BCUT2D eigenvalue weighted by atomic mass is 32.2. The van der Waals surface area contributed by atoms with E-state index in [1.54, 1.807) is 13.8 Å². The van der Waals surface area contributed by atoms with Crippen molar-refractivity contribution < 1.29 is 18.3 Å². The first-order chi connectivity index (χ1) is 11.8. The lowest BCUT2D eigenvalue weighted by Crippen LogP contribution is -2.30. The maximum absolute atomic E-state index is 13.0. The Morgan fingerprint density at radius 1 is 1.24 bits per heavy atom. The average molecular weight is 376 g/mol. The molecule has 1 aromatic heterocycles. The van der Waals surface area contributed by atoms with E-state index in [0.717, 1.165) is 10.2 Å². The Kier molecular flexibility index (Phi) is 4.49. The van der Waals surface area contributed by atoms with Crippen LogP contribution in [0.15, 0.2) is 47.4 Å². The predicted molar refractivity (Wildman–Crippen MR) is 98.0 cm³/mol. The Labute approximate surface area is 149 Å². The molecule has 0 aliphatic carbocycles. The van der Waals surface area contributed by atoms with Crippen molar-refractivity contribution in [3.8, 4) is 0 Å². The molecule has 3 aromatic rings. The van der Waals surface area contributed by atoms with E-state index >= 15 is 0 Å². The molecule has 1 heterocycles. The Balaban J connectivity index is 2.10. The molecule has 0 radical (unpaired) electrons. The first-order valence-electron chi connectivity index (χ1n) is 7.57. The predicted octanol–water partition coefficient (Wildman–Crippen LogP) is 3.52. The quantitative estimate of drug-likeness (QED) is 0.736. The van der Waals surface area contributed by atoms with E-state index in [1.165, 1.54) is 33.8 Å². The normalized spacial score (nSPS) is 11.6. The Hall–Kier alpha value is -2.45. The summed E-state index contributed by atoms with van der Waals surface area (Å²) in [7, 11) is -3.91. The van der Waals surface area contributed by atoms with Crippen LogP contribution in [0, 0.1) is 6.92 Å². The van der Waals surface area contributed by atoms with E-state index in [9.17, 15) is 18.3 Å². The number of sulfonamides is 1. The van der Waals surface area contributed by atoms with Gasteiger partial charge in [-0.2, -0.15) is 0 Å². The highest BCUT2D eigenvalue weighted by molar-refractivity contribution is 7.93. The number of nitrogens with zero attached hydrogens (tertiary/aromatic N) is 2. The number of carboxylic acid groups (broad SMARTS) is 1. The molecule has 8 heteroatoms. The molecule has 130 valence electrons. The number of anilines is 1. The van der Waals surface area contributed by atoms with Crippen LogP contribution in [0.4, 0.5) is 5.13 Å². The van der Waals surface area contributed by atoms with Crippen molar-refractivity contribution in [3.63, 3.8) is 0 Å². The number of rotatable bonds is 5. The van der Waals surface area contributed by atoms with Crippen LogP contribution < -0.4 is 4.31 Å². The molecule has 0 bridgehead atoms. The molecule has 0 spiro atoms. The molecule has 0 atom stereocenters. The van der Waals surface area contributed by atoms with E-state index in [0.29, 0.717) is 10.7 Å². The fourth-order valence-electron chi connectivity index (χ4n) is 2.49. The van der Waals surface area contributed by atoms with Crippen molar-refractivity contribution in [2.45, 2.75) is 18.7 Å². The summed E-state index contributed by atoms with van der Waals surface area (Å²) in [4.78, 5) is 15.7. The van der Waals surface area contributed by atoms with Crippen molar-refractivity contribution in [1.29, 1.82) is 0 Å². The van der Waals surface area contributed by atoms with E-state index in [-0.39, 0.29) is 17.0 Å². The highest BCUT2D eigenvalue weighted by Gasteiger charge is 2.27. The van der Waals surface area contributed by atoms with Gasteiger partial charge in [-0.25, -0.2) is 22.5 Å². The number of aromatic carboxylic acids is 1. The van der Waals surface area contributed by atoms with Crippen LogP contribution in [0.2, 0.25) is 0 Å². The minimum Gasteiger partial charge on any atom is -0.478 e. The van der Waals surface area contributed by atoms with Gasteiger partial charge in [-0.15, -0.1) is 0 Å². The van der Waals surface area contributed by atoms with Crippen LogP contribution in [0.5, 0.6) is 0 Å². The molecule has 0 unspecified atom stereocenters. The molecular weight excluding hydrogens is 360 g/mol. The Morgan fingerprint density at radius 3 is 2.60 bits per heavy atom.